The topological polar surface area (TPSA) is 18.5 Å². The normalized spacial score (nSPS) is 32.7. The van der Waals surface area contributed by atoms with E-state index in [1.807, 2.05) is 0 Å². The van der Waals surface area contributed by atoms with E-state index in [1.165, 1.54) is 0 Å². The number of hydrogen-bond donors (Lipinski definition) is 0. The standard InChI is InChI=1S/C5H6ClF3O2/c6-1-3-2-10-4(11-3)5(7,8)9/h3-4H,1-2H2/t3-,4-/m0/s1. The van der Waals surface area contributed by atoms with Gasteiger partial charge in [0.25, 0.3) is 6.29 Å². The molecule has 1 aliphatic heterocycles. The zero-order valence-electron chi connectivity index (χ0n) is 5.40. The van der Waals surface area contributed by atoms with Crippen LogP contribution in [0.3, 0.4) is 0 Å². The fourth-order valence-corrected chi connectivity index (χ4v) is 0.862. The van der Waals surface area contributed by atoms with Gasteiger partial charge in [-0.3, -0.25) is 0 Å². The van der Waals surface area contributed by atoms with E-state index >= 15 is 0 Å². The summed E-state index contributed by atoms with van der Waals surface area (Å²) in [6.07, 6.45) is -7.17. The third kappa shape index (κ3) is 2.21. The maximum atomic E-state index is 11.8. The molecule has 1 fully saturated rings. The first-order valence-electron chi connectivity index (χ1n) is 2.94. The average molecular weight is 191 g/mol. The van der Waals surface area contributed by atoms with E-state index < -0.39 is 18.6 Å². The molecule has 0 aromatic carbocycles. The van der Waals surface area contributed by atoms with Gasteiger partial charge in [-0.2, -0.15) is 13.2 Å². The Morgan fingerprint density at radius 1 is 1.45 bits per heavy atom. The van der Waals surface area contributed by atoms with E-state index in [-0.39, 0.29) is 12.5 Å². The van der Waals surface area contributed by atoms with Crippen LogP contribution in [0.15, 0.2) is 0 Å². The molecule has 1 heterocycles. The molecule has 6 heteroatoms. The fourth-order valence-electron chi connectivity index (χ4n) is 0.701. The molecule has 0 unspecified atom stereocenters. The Kier molecular flexibility index (Phi) is 2.61. The Bertz CT molecular complexity index is 138. The zero-order valence-corrected chi connectivity index (χ0v) is 6.15. The summed E-state index contributed by atoms with van der Waals surface area (Å²) < 4.78 is 44.0. The van der Waals surface area contributed by atoms with Crippen molar-refractivity contribution in [3.05, 3.63) is 0 Å². The molecule has 0 aromatic heterocycles. The predicted molar refractivity (Wildman–Crippen MR) is 31.4 cm³/mol. The summed E-state index contributed by atoms with van der Waals surface area (Å²) in [7, 11) is 0. The molecule has 0 amide bonds. The van der Waals surface area contributed by atoms with Crippen molar-refractivity contribution in [2.75, 3.05) is 12.5 Å². The Morgan fingerprint density at radius 3 is 2.36 bits per heavy atom. The van der Waals surface area contributed by atoms with E-state index in [0.717, 1.165) is 0 Å². The van der Waals surface area contributed by atoms with E-state index in [9.17, 15) is 13.2 Å². The van der Waals surface area contributed by atoms with Gasteiger partial charge in [0.15, 0.2) is 0 Å². The molecule has 2 nitrogen and oxygen atoms in total. The molecule has 0 aromatic rings. The Labute approximate surface area is 66.2 Å². The van der Waals surface area contributed by atoms with Crippen LogP contribution in [-0.4, -0.2) is 31.1 Å². The summed E-state index contributed by atoms with van der Waals surface area (Å²) >= 11 is 5.25. The second-order valence-corrected chi connectivity index (χ2v) is 2.43. The number of alkyl halides is 4. The van der Waals surface area contributed by atoms with E-state index in [4.69, 9.17) is 11.6 Å². The summed E-state index contributed by atoms with van der Waals surface area (Å²) in [5.74, 6) is 0.0204. The first-order valence-corrected chi connectivity index (χ1v) is 3.47. The van der Waals surface area contributed by atoms with Gasteiger partial charge in [-0.25, -0.2) is 0 Å². The lowest BCUT2D eigenvalue weighted by Crippen LogP contribution is -2.30. The lowest BCUT2D eigenvalue weighted by molar-refractivity contribution is -0.276. The molecule has 0 radical (unpaired) electrons. The van der Waals surface area contributed by atoms with Gasteiger partial charge in [-0.05, 0) is 0 Å². The molecule has 1 saturated heterocycles. The van der Waals surface area contributed by atoms with E-state index in [1.54, 1.807) is 0 Å². The monoisotopic (exact) mass is 190 g/mol. The zero-order chi connectivity index (χ0) is 8.48. The highest BCUT2D eigenvalue weighted by Crippen LogP contribution is 2.28. The van der Waals surface area contributed by atoms with Crippen LogP contribution in [0.2, 0.25) is 0 Å². The minimum absolute atomic E-state index is 0.0204. The molecule has 0 N–H and O–H groups in total. The van der Waals surface area contributed by atoms with E-state index in [2.05, 4.69) is 9.47 Å². The lowest BCUT2D eigenvalue weighted by Gasteiger charge is -2.12. The Morgan fingerprint density at radius 2 is 2.09 bits per heavy atom. The van der Waals surface area contributed by atoms with Crippen molar-refractivity contribution < 1.29 is 22.6 Å². The van der Waals surface area contributed by atoms with Crippen molar-refractivity contribution in [1.82, 2.24) is 0 Å². The summed E-state index contributed by atoms with van der Waals surface area (Å²) in [6.45, 7) is -0.0896. The summed E-state index contributed by atoms with van der Waals surface area (Å²) in [6, 6.07) is 0. The molecule has 0 saturated carbocycles. The van der Waals surface area contributed by atoms with Crippen LogP contribution in [0.25, 0.3) is 0 Å². The maximum absolute atomic E-state index is 11.8. The van der Waals surface area contributed by atoms with Crippen LogP contribution in [0.4, 0.5) is 13.2 Å². The van der Waals surface area contributed by atoms with Crippen LogP contribution < -0.4 is 0 Å². The van der Waals surface area contributed by atoms with Gasteiger partial charge >= 0.3 is 6.18 Å². The van der Waals surface area contributed by atoms with Crippen LogP contribution in [-0.2, 0) is 9.47 Å². The van der Waals surface area contributed by atoms with Crippen molar-refractivity contribution in [2.45, 2.75) is 18.6 Å². The maximum Gasteiger partial charge on any atom is 0.440 e. The third-order valence-electron chi connectivity index (χ3n) is 1.19. The number of halogens is 4. The largest absolute Gasteiger partial charge is 0.440 e. The molecule has 0 bridgehead atoms. The Hall–Kier alpha value is -0.0000000000000000208. The van der Waals surface area contributed by atoms with Crippen LogP contribution >= 0.6 is 11.6 Å². The molecular formula is C5H6ClF3O2. The smallest absolute Gasteiger partial charge is 0.342 e. The van der Waals surface area contributed by atoms with Crippen LogP contribution in [0, 0.1) is 0 Å². The van der Waals surface area contributed by atoms with Gasteiger partial charge < -0.3 is 9.47 Å². The molecule has 1 rings (SSSR count). The first-order chi connectivity index (χ1) is 5.04. The fraction of sp³-hybridized carbons (Fsp3) is 1.00. The minimum Gasteiger partial charge on any atom is -0.342 e. The predicted octanol–water partition coefficient (Wildman–Crippen LogP) is 1.53. The second-order valence-electron chi connectivity index (χ2n) is 2.12. The molecule has 11 heavy (non-hydrogen) atoms. The number of rotatable bonds is 1. The highest BCUT2D eigenvalue weighted by Gasteiger charge is 2.46. The summed E-state index contributed by atoms with van der Waals surface area (Å²) in [5, 5.41) is 0. The summed E-state index contributed by atoms with van der Waals surface area (Å²) in [4.78, 5) is 0. The van der Waals surface area contributed by atoms with Gasteiger partial charge in [-0.1, -0.05) is 0 Å². The number of ether oxygens (including phenoxy) is 2. The molecule has 2 atom stereocenters. The third-order valence-corrected chi connectivity index (χ3v) is 1.53. The van der Waals surface area contributed by atoms with Gasteiger partial charge in [0.1, 0.15) is 0 Å². The van der Waals surface area contributed by atoms with Crippen molar-refractivity contribution in [3.63, 3.8) is 0 Å². The SMILES string of the molecule is FC(F)(F)[C@H]1OC[C@H](CCl)O1. The van der Waals surface area contributed by atoms with Gasteiger partial charge in [0, 0.05) is 0 Å². The van der Waals surface area contributed by atoms with Gasteiger partial charge in [0.2, 0.25) is 0 Å². The van der Waals surface area contributed by atoms with Gasteiger partial charge in [0.05, 0.1) is 18.6 Å². The Balaban J connectivity index is 2.42. The molecular weight excluding hydrogens is 184 g/mol. The summed E-state index contributed by atoms with van der Waals surface area (Å²) in [5.41, 5.74) is 0. The molecule has 0 aliphatic carbocycles. The van der Waals surface area contributed by atoms with Crippen molar-refractivity contribution in [2.24, 2.45) is 0 Å². The van der Waals surface area contributed by atoms with Crippen molar-refractivity contribution in [1.29, 1.82) is 0 Å². The second kappa shape index (κ2) is 3.16. The average Bonchev–Trinajstić information content (AvgIpc) is 2.32. The minimum atomic E-state index is -4.44. The highest BCUT2D eigenvalue weighted by molar-refractivity contribution is 6.18. The van der Waals surface area contributed by atoms with E-state index in [0.29, 0.717) is 0 Å². The van der Waals surface area contributed by atoms with Crippen molar-refractivity contribution in [3.8, 4) is 0 Å². The molecule has 66 valence electrons. The molecule has 1 aliphatic rings. The lowest BCUT2D eigenvalue weighted by atomic mass is 10.4. The number of hydrogen-bond acceptors (Lipinski definition) is 2. The highest BCUT2D eigenvalue weighted by atomic mass is 35.5. The first kappa shape index (κ1) is 9.09. The van der Waals surface area contributed by atoms with Crippen LogP contribution in [0.1, 0.15) is 0 Å². The van der Waals surface area contributed by atoms with Crippen LogP contribution in [0.5, 0.6) is 0 Å². The van der Waals surface area contributed by atoms with Crippen molar-refractivity contribution >= 4 is 11.6 Å². The van der Waals surface area contributed by atoms with Gasteiger partial charge in [-0.15, -0.1) is 11.6 Å². The molecule has 0 spiro atoms. The quantitative estimate of drug-likeness (QED) is 0.584.